The molecule has 0 unspecified atom stereocenters. The molecule has 3 aromatic carbocycles. The minimum Gasteiger partial charge on any atom is -0.464 e. The molecule has 5 heteroatoms. The first-order valence-electron chi connectivity index (χ1n) is 10.4. The summed E-state index contributed by atoms with van der Waals surface area (Å²) in [5.41, 5.74) is 3.90. The monoisotopic (exact) mass is 410 g/mol. The van der Waals surface area contributed by atoms with Gasteiger partial charge in [0.2, 0.25) is 0 Å². The molecule has 154 valence electrons. The summed E-state index contributed by atoms with van der Waals surface area (Å²) in [7, 11) is 0. The summed E-state index contributed by atoms with van der Waals surface area (Å²) in [6, 6.07) is 24.8. The Balaban J connectivity index is 1.30. The fourth-order valence-corrected chi connectivity index (χ4v) is 4.11. The van der Waals surface area contributed by atoms with Crippen molar-refractivity contribution in [2.75, 3.05) is 13.1 Å². The number of furan rings is 1. The van der Waals surface area contributed by atoms with E-state index in [0.717, 1.165) is 22.9 Å². The van der Waals surface area contributed by atoms with Gasteiger partial charge >= 0.3 is 0 Å². The molecule has 31 heavy (non-hydrogen) atoms. The number of hydrogen-bond donors (Lipinski definition) is 1. The molecule has 2 amide bonds. The SMILES string of the molecule is O=C(NC[C@H]1CCN1C(=O)c1ccccc1-c1ccccc1)c1cccc2occc12. The van der Waals surface area contributed by atoms with Gasteiger partial charge in [-0.3, -0.25) is 9.59 Å². The van der Waals surface area contributed by atoms with E-state index in [0.29, 0.717) is 29.8 Å². The third-order valence-corrected chi connectivity index (χ3v) is 5.89. The number of benzene rings is 3. The maximum atomic E-state index is 13.3. The fraction of sp³-hybridized carbons (Fsp3) is 0.154. The Morgan fingerprint density at radius 3 is 2.48 bits per heavy atom. The van der Waals surface area contributed by atoms with Gasteiger partial charge in [0.25, 0.3) is 11.8 Å². The Hall–Kier alpha value is -3.86. The number of carbonyl (C=O) groups excluding carboxylic acids is 2. The number of rotatable bonds is 5. The van der Waals surface area contributed by atoms with E-state index < -0.39 is 0 Å². The van der Waals surface area contributed by atoms with Crippen LogP contribution in [0, 0.1) is 0 Å². The molecule has 1 aromatic heterocycles. The van der Waals surface area contributed by atoms with Gasteiger partial charge in [0.05, 0.1) is 17.9 Å². The molecule has 1 aliphatic rings. The van der Waals surface area contributed by atoms with Crippen molar-refractivity contribution in [1.29, 1.82) is 0 Å². The summed E-state index contributed by atoms with van der Waals surface area (Å²) in [6.07, 6.45) is 2.45. The van der Waals surface area contributed by atoms with Gasteiger partial charge < -0.3 is 14.6 Å². The second kappa shape index (κ2) is 8.11. The van der Waals surface area contributed by atoms with E-state index in [4.69, 9.17) is 4.42 Å². The molecule has 0 saturated carbocycles. The zero-order valence-electron chi connectivity index (χ0n) is 17.0. The van der Waals surface area contributed by atoms with Crippen LogP contribution in [0.1, 0.15) is 27.1 Å². The molecule has 0 bridgehead atoms. The molecule has 0 radical (unpaired) electrons. The van der Waals surface area contributed by atoms with Gasteiger partial charge in [0.1, 0.15) is 5.58 Å². The van der Waals surface area contributed by atoms with Crippen molar-refractivity contribution in [2.24, 2.45) is 0 Å². The van der Waals surface area contributed by atoms with E-state index in [9.17, 15) is 9.59 Å². The Morgan fingerprint density at radius 1 is 0.903 bits per heavy atom. The molecule has 4 aromatic rings. The highest BCUT2D eigenvalue weighted by atomic mass is 16.3. The normalized spacial score (nSPS) is 15.5. The number of hydrogen-bond acceptors (Lipinski definition) is 3. The highest BCUT2D eigenvalue weighted by Crippen LogP contribution is 2.28. The van der Waals surface area contributed by atoms with Gasteiger partial charge in [-0.1, -0.05) is 54.6 Å². The molecule has 1 atom stereocenters. The van der Waals surface area contributed by atoms with E-state index in [1.807, 2.05) is 65.6 Å². The number of carbonyl (C=O) groups is 2. The smallest absolute Gasteiger partial charge is 0.254 e. The van der Waals surface area contributed by atoms with Crippen molar-refractivity contribution >= 4 is 22.8 Å². The van der Waals surface area contributed by atoms with Crippen LogP contribution in [0.5, 0.6) is 0 Å². The number of nitrogens with one attached hydrogen (secondary N) is 1. The van der Waals surface area contributed by atoms with Crippen LogP contribution in [0.2, 0.25) is 0 Å². The first-order valence-corrected chi connectivity index (χ1v) is 10.4. The van der Waals surface area contributed by atoms with E-state index in [1.54, 1.807) is 24.5 Å². The van der Waals surface area contributed by atoms with Gasteiger partial charge in [-0.25, -0.2) is 0 Å². The van der Waals surface area contributed by atoms with Crippen molar-refractivity contribution in [3.05, 3.63) is 96.3 Å². The minimum atomic E-state index is -0.156. The summed E-state index contributed by atoms with van der Waals surface area (Å²) in [6.45, 7) is 1.12. The van der Waals surface area contributed by atoms with Crippen LogP contribution in [-0.2, 0) is 0 Å². The molecule has 1 saturated heterocycles. The van der Waals surface area contributed by atoms with E-state index in [-0.39, 0.29) is 17.9 Å². The van der Waals surface area contributed by atoms with Crippen molar-refractivity contribution in [2.45, 2.75) is 12.5 Å². The van der Waals surface area contributed by atoms with Crippen molar-refractivity contribution in [1.82, 2.24) is 10.2 Å². The van der Waals surface area contributed by atoms with Crippen molar-refractivity contribution in [3.8, 4) is 11.1 Å². The molecule has 5 nitrogen and oxygen atoms in total. The van der Waals surface area contributed by atoms with Crippen LogP contribution < -0.4 is 5.32 Å². The first-order chi connectivity index (χ1) is 15.2. The molecule has 1 N–H and O–H groups in total. The molecule has 2 heterocycles. The number of nitrogens with zero attached hydrogens (tertiary/aromatic N) is 1. The second-order valence-electron chi connectivity index (χ2n) is 7.70. The lowest BCUT2D eigenvalue weighted by Crippen LogP contribution is -2.56. The topological polar surface area (TPSA) is 62.6 Å². The molecular weight excluding hydrogens is 388 g/mol. The molecular formula is C26H22N2O3. The summed E-state index contributed by atoms with van der Waals surface area (Å²) in [5.74, 6) is -0.155. The highest BCUT2D eigenvalue weighted by molar-refractivity contribution is 6.06. The maximum Gasteiger partial charge on any atom is 0.254 e. The van der Waals surface area contributed by atoms with Crippen LogP contribution in [0.25, 0.3) is 22.1 Å². The summed E-state index contributed by atoms with van der Waals surface area (Å²) < 4.78 is 5.38. The minimum absolute atomic E-state index is 0.00175. The zero-order chi connectivity index (χ0) is 21.2. The largest absolute Gasteiger partial charge is 0.464 e. The Kier molecular flexibility index (Phi) is 5.00. The molecule has 0 spiro atoms. The number of amides is 2. The van der Waals surface area contributed by atoms with E-state index in [1.165, 1.54) is 0 Å². The standard InChI is InChI=1S/C26H22N2O3/c29-25(22-11-6-12-24-21(22)14-16-31-24)27-17-19-13-15-28(19)26(30)23-10-5-4-9-20(23)18-7-2-1-3-8-18/h1-12,14,16,19H,13,15,17H2,(H,27,29)/t19-/m1/s1. The van der Waals surface area contributed by atoms with Crippen LogP contribution in [0.4, 0.5) is 0 Å². The third-order valence-electron chi connectivity index (χ3n) is 5.89. The first kappa shape index (κ1) is 19.1. The average Bonchev–Trinajstić information content (AvgIpc) is 3.28. The zero-order valence-corrected chi connectivity index (χ0v) is 17.0. The van der Waals surface area contributed by atoms with Crippen LogP contribution in [0.15, 0.2) is 89.5 Å². The summed E-state index contributed by atoms with van der Waals surface area (Å²) >= 11 is 0. The van der Waals surface area contributed by atoms with Crippen molar-refractivity contribution in [3.63, 3.8) is 0 Å². The lowest BCUT2D eigenvalue weighted by atomic mass is 9.95. The van der Waals surface area contributed by atoms with Gasteiger partial charge in [0.15, 0.2) is 0 Å². The molecule has 1 aliphatic heterocycles. The van der Waals surface area contributed by atoms with Gasteiger partial charge in [0, 0.05) is 24.0 Å². The molecule has 0 aliphatic carbocycles. The Labute approximate surface area is 180 Å². The van der Waals surface area contributed by atoms with Gasteiger partial charge in [-0.05, 0) is 41.8 Å². The van der Waals surface area contributed by atoms with E-state index >= 15 is 0 Å². The lowest BCUT2D eigenvalue weighted by molar-refractivity contribution is 0.0456. The quantitative estimate of drug-likeness (QED) is 0.517. The average molecular weight is 410 g/mol. The third kappa shape index (κ3) is 3.59. The predicted molar refractivity (Wildman–Crippen MR) is 120 cm³/mol. The lowest BCUT2D eigenvalue weighted by Gasteiger charge is -2.41. The van der Waals surface area contributed by atoms with Gasteiger partial charge in [-0.15, -0.1) is 0 Å². The predicted octanol–water partition coefficient (Wildman–Crippen LogP) is 4.74. The molecule has 1 fully saturated rings. The number of likely N-dealkylation sites (tertiary alicyclic amines) is 1. The Bertz CT molecular complexity index is 1250. The highest BCUT2D eigenvalue weighted by Gasteiger charge is 2.34. The fourth-order valence-electron chi connectivity index (χ4n) is 4.11. The van der Waals surface area contributed by atoms with Crippen molar-refractivity contribution < 1.29 is 14.0 Å². The molecule has 5 rings (SSSR count). The van der Waals surface area contributed by atoms with Crippen LogP contribution >= 0.6 is 0 Å². The Morgan fingerprint density at radius 2 is 1.68 bits per heavy atom. The summed E-state index contributed by atoms with van der Waals surface area (Å²) in [4.78, 5) is 27.9. The second-order valence-corrected chi connectivity index (χ2v) is 7.70. The van der Waals surface area contributed by atoms with Crippen LogP contribution in [-0.4, -0.2) is 35.8 Å². The van der Waals surface area contributed by atoms with Gasteiger partial charge in [-0.2, -0.15) is 0 Å². The number of fused-ring (bicyclic) bond motifs is 1. The maximum absolute atomic E-state index is 13.3. The van der Waals surface area contributed by atoms with E-state index in [2.05, 4.69) is 5.32 Å². The van der Waals surface area contributed by atoms with Crippen LogP contribution in [0.3, 0.4) is 0 Å². The summed E-state index contributed by atoms with van der Waals surface area (Å²) in [5, 5.41) is 3.78.